The Labute approximate surface area is 128 Å². The molecule has 1 heterocycles. The number of likely N-dealkylation sites (tertiary alicyclic amines) is 1. The van der Waals surface area contributed by atoms with Crippen LogP contribution in [0.1, 0.15) is 40.5 Å². The van der Waals surface area contributed by atoms with Crippen LogP contribution in [0, 0.1) is 5.92 Å². The molecule has 22 heavy (non-hydrogen) atoms. The first-order valence-electron chi connectivity index (χ1n) is 7.05. The van der Waals surface area contributed by atoms with Gasteiger partial charge in [-0.25, -0.2) is 4.79 Å². The summed E-state index contributed by atoms with van der Waals surface area (Å²) in [4.78, 5) is 47.2. The maximum Gasteiger partial charge on any atom is 0.407 e. The smallest absolute Gasteiger partial charge is 0.407 e. The molecule has 3 amide bonds. The summed E-state index contributed by atoms with van der Waals surface area (Å²) in [6, 6.07) is -0.898. The van der Waals surface area contributed by atoms with Crippen LogP contribution >= 0.6 is 0 Å². The van der Waals surface area contributed by atoms with Gasteiger partial charge in [0, 0.05) is 18.9 Å². The predicted octanol–water partition coefficient (Wildman–Crippen LogP) is 0.749. The number of rotatable bonds is 5. The van der Waals surface area contributed by atoms with E-state index in [1.807, 2.05) is 0 Å². The van der Waals surface area contributed by atoms with Crippen molar-refractivity contribution < 1.29 is 29.0 Å². The van der Waals surface area contributed by atoms with Gasteiger partial charge in [0.05, 0.1) is 12.5 Å². The summed E-state index contributed by atoms with van der Waals surface area (Å²) in [7, 11) is 0. The molecule has 8 nitrogen and oxygen atoms in total. The first-order valence-corrected chi connectivity index (χ1v) is 7.05. The van der Waals surface area contributed by atoms with Crippen LogP contribution in [0.3, 0.4) is 0 Å². The molecular weight excluding hydrogens is 292 g/mol. The maximum atomic E-state index is 11.9. The van der Waals surface area contributed by atoms with Crippen molar-refractivity contribution in [3.05, 3.63) is 0 Å². The van der Waals surface area contributed by atoms with Crippen LogP contribution in [0.25, 0.3) is 0 Å². The van der Waals surface area contributed by atoms with Crippen molar-refractivity contribution in [2.45, 2.75) is 52.2 Å². The van der Waals surface area contributed by atoms with Gasteiger partial charge in [-0.05, 0) is 20.8 Å². The summed E-state index contributed by atoms with van der Waals surface area (Å²) in [5, 5.41) is 11.3. The topological polar surface area (TPSA) is 113 Å². The van der Waals surface area contributed by atoms with Crippen LogP contribution in [0.4, 0.5) is 4.79 Å². The molecule has 124 valence electrons. The standard InChI is InChI=1S/C14H22N2O6/c1-8-5-10(17)16(12(8)20)7-9(6-11(18)19)15-13(21)22-14(2,3)4/h8-9H,5-7H2,1-4H3,(H,15,21)(H,18,19)/t8?,9-/m0/s1. The number of ether oxygens (including phenoxy) is 1. The van der Waals surface area contributed by atoms with Crippen molar-refractivity contribution in [1.29, 1.82) is 0 Å². The molecule has 0 aromatic heterocycles. The molecule has 0 aromatic carbocycles. The zero-order valence-electron chi connectivity index (χ0n) is 13.2. The van der Waals surface area contributed by atoms with Crippen LogP contribution in [0.5, 0.6) is 0 Å². The summed E-state index contributed by atoms with van der Waals surface area (Å²) in [6.07, 6.45) is -1.10. The highest BCUT2D eigenvalue weighted by Gasteiger charge is 2.37. The second-order valence-electron chi connectivity index (χ2n) is 6.39. The minimum atomic E-state index is -1.15. The zero-order valence-corrected chi connectivity index (χ0v) is 13.2. The summed E-state index contributed by atoms with van der Waals surface area (Å²) < 4.78 is 5.06. The van der Waals surface area contributed by atoms with E-state index in [2.05, 4.69) is 5.32 Å². The monoisotopic (exact) mass is 314 g/mol. The fourth-order valence-corrected chi connectivity index (χ4v) is 2.11. The van der Waals surface area contributed by atoms with Crippen molar-refractivity contribution in [3.63, 3.8) is 0 Å². The summed E-state index contributed by atoms with van der Waals surface area (Å²) >= 11 is 0. The minimum Gasteiger partial charge on any atom is -0.481 e. The molecule has 1 aliphatic heterocycles. The Kier molecular flexibility index (Phi) is 5.51. The van der Waals surface area contributed by atoms with Crippen LogP contribution in [0.15, 0.2) is 0 Å². The van der Waals surface area contributed by atoms with E-state index in [1.54, 1.807) is 27.7 Å². The van der Waals surface area contributed by atoms with Crippen molar-refractivity contribution >= 4 is 23.9 Å². The number of carboxylic acids is 1. The van der Waals surface area contributed by atoms with Crippen molar-refractivity contribution in [1.82, 2.24) is 10.2 Å². The molecule has 1 saturated heterocycles. The third kappa shape index (κ3) is 5.34. The quantitative estimate of drug-likeness (QED) is 0.724. The van der Waals surface area contributed by atoms with Crippen molar-refractivity contribution in [2.24, 2.45) is 5.92 Å². The molecular formula is C14H22N2O6. The number of carboxylic acid groups (broad SMARTS) is 1. The molecule has 1 rings (SSSR count). The normalized spacial score (nSPS) is 20.0. The minimum absolute atomic E-state index is 0.102. The van der Waals surface area contributed by atoms with Crippen LogP contribution in [0.2, 0.25) is 0 Å². The number of aliphatic carboxylic acids is 1. The Bertz CT molecular complexity index is 482. The van der Waals surface area contributed by atoms with Gasteiger partial charge in [0.15, 0.2) is 0 Å². The molecule has 2 N–H and O–H groups in total. The Morgan fingerprint density at radius 2 is 2.00 bits per heavy atom. The molecule has 0 spiro atoms. The van der Waals surface area contributed by atoms with Gasteiger partial charge in [0.1, 0.15) is 5.60 Å². The first kappa shape index (κ1) is 17.9. The van der Waals surface area contributed by atoms with E-state index in [1.165, 1.54) is 0 Å². The lowest BCUT2D eigenvalue weighted by molar-refractivity contribution is -0.142. The first-order chi connectivity index (χ1) is 9.99. The Balaban J connectivity index is 2.73. The van der Waals surface area contributed by atoms with E-state index < -0.39 is 36.0 Å². The van der Waals surface area contributed by atoms with Gasteiger partial charge in [-0.15, -0.1) is 0 Å². The SMILES string of the molecule is CC1CC(=O)N(C[C@H](CC(=O)O)NC(=O)OC(C)(C)C)C1=O. The van der Waals surface area contributed by atoms with Gasteiger partial charge in [-0.3, -0.25) is 19.3 Å². The number of hydrogen-bond acceptors (Lipinski definition) is 5. The Morgan fingerprint density at radius 1 is 1.41 bits per heavy atom. The fourth-order valence-electron chi connectivity index (χ4n) is 2.11. The third-order valence-electron chi connectivity index (χ3n) is 3.01. The second-order valence-corrected chi connectivity index (χ2v) is 6.39. The highest BCUT2D eigenvalue weighted by atomic mass is 16.6. The molecule has 0 bridgehead atoms. The van der Waals surface area contributed by atoms with E-state index in [-0.39, 0.29) is 24.8 Å². The number of hydrogen-bond donors (Lipinski definition) is 2. The third-order valence-corrected chi connectivity index (χ3v) is 3.01. The van der Waals surface area contributed by atoms with Crippen LogP contribution in [-0.2, 0) is 19.1 Å². The lowest BCUT2D eigenvalue weighted by atomic mass is 10.1. The Hall–Kier alpha value is -2.12. The van der Waals surface area contributed by atoms with Gasteiger partial charge >= 0.3 is 12.1 Å². The molecule has 8 heteroatoms. The highest BCUT2D eigenvalue weighted by molar-refractivity contribution is 6.03. The molecule has 0 aromatic rings. The van der Waals surface area contributed by atoms with Gasteiger partial charge in [0.2, 0.25) is 11.8 Å². The van der Waals surface area contributed by atoms with Gasteiger partial charge < -0.3 is 15.2 Å². The molecule has 0 aliphatic carbocycles. The average molecular weight is 314 g/mol. The molecule has 1 fully saturated rings. The van der Waals surface area contributed by atoms with E-state index in [0.717, 1.165) is 4.90 Å². The molecule has 0 radical (unpaired) electrons. The number of amides is 3. The summed E-state index contributed by atoms with van der Waals surface area (Å²) in [6.45, 7) is 6.48. The van der Waals surface area contributed by atoms with Crippen LogP contribution in [-0.4, -0.2) is 52.1 Å². The van der Waals surface area contributed by atoms with Gasteiger partial charge in [-0.1, -0.05) is 6.92 Å². The second kappa shape index (κ2) is 6.76. The highest BCUT2D eigenvalue weighted by Crippen LogP contribution is 2.19. The number of alkyl carbamates (subject to hydrolysis) is 1. The van der Waals surface area contributed by atoms with E-state index in [9.17, 15) is 19.2 Å². The predicted molar refractivity (Wildman–Crippen MR) is 75.9 cm³/mol. The average Bonchev–Trinajstić information content (AvgIpc) is 2.52. The van der Waals surface area contributed by atoms with Crippen molar-refractivity contribution in [2.75, 3.05) is 6.54 Å². The lowest BCUT2D eigenvalue weighted by Gasteiger charge is -2.25. The largest absolute Gasteiger partial charge is 0.481 e. The molecule has 1 unspecified atom stereocenters. The molecule has 2 atom stereocenters. The van der Waals surface area contributed by atoms with Crippen LogP contribution < -0.4 is 5.32 Å². The number of nitrogens with one attached hydrogen (secondary N) is 1. The number of carbonyl (C=O) groups excluding carboxylic acids is 3. The fraction of sp³-hybridized carbons (Fsp3) is 0.714. The van der Waals surface area contributed by atoms with Gasteiger partial charge in [-0.2, -0.15) is 0 Å². The molecule has 1 aliphatic rings. The van der Waals surface area contributed by atoms with E-state index in [0.29, 0.717) is 0 Å². The maximum absolute atomic E-state index is 11.9. The van der Waals surface area contributed by atoms with E-state index in [4.69, 9.17) is 9.84 Å². The Morgan fingerprint density at radius 3 is 2.41 bits per heavy atom. The zero-order chi connectivity index (χ0) is 17.1. The number of carbonyl (C=O) groups is 4. The van der Waals surface area contributed by atoms with E-state index >= 15 is 0 Å². The number of imide groups is 1. The number of nitrogens with zero attached hydrogens (tertiary/aromatic N) is 1. The summed E-state index contributed by atoms with van der Waals surface area (Å²) in [5.74, 6) is -2.28. The summed E-state index contributed by atoms with van der Waals surface area (Å²) in [5.41, 5.74) is -0.731. The van der Waals surface area contributed by atoms with Crippen molar-refractivity contribution in [3.8, 4) is 0 Å². The van der Waals surface area contributed by atoms with Gasteiger partial charge in [0.25, 0.3) is 0 Å². The molecule has 0 saturated carbocycles. The lowest BCUT2D eigenvalue weighted by Crippen LogP contribution is -2.48.